The van der Waals surface area contributed by atoms with Crippen molar-refractivity contribution in [2.24, 2.45) is 0 Å². The largest absolute Gasteiger partial charge is 0.337 e. The number of anilines is 1. The topological polar surface area (TPSA) is 75.2 Å². The molecule has 1 saturated heterocycles. The Labute approximate surface area is 117 Å². The normalized spacial score (nSPS) is 20.5. The summed E-state index contributed by atoms with van der Waals surface area (Å²) < 4.78 is 23.7. The van der Waals surface area contributed by atoms with Gasteiger partial charge in [-0.05, 0) is 7.05 Å². The molecule has 106 valence electrons. The molecule has 1 unspecified atom stereocenters. The van der Waals surface area contributed by atoms with E-state index in [1.54, 1.807) is 24.2 Å². The standard InChI is InChI=1S/C11H18N4O2S2/c1-12-5-9-6-13-7-10(14-9)15-3-4-18-8-11(15)19(2,16)17/h6-7,11-12H,3-5,8H2,1-2H3. The summed E-state index contributed by atoms with van der Waals surface area (Å²) >= 11 is 1.66. The highest BCUT2D eigenvalue weighted by Crippen LogP contribution is 2.24. The van der Waals surface area contributed by atoms with E-state index in [0.717, 1.165) is 11.4 Å². The van der Waals surface area contributed by atoms with E-state index >= 15 is 0 Å². The first-order valence-electron chi connectivity index (χ1n) is 6.01. The molecule has 8 heteroatoms. The molecule has 0 aliphatic carbocycles. The zero-order valence-corrected chi connectivity index (χ0v) is 12.7. The van der Waals surface area contributed by atoms with Crippen molar-refractivity contribution in [3.8, 4) is 0 Å². The van der Waals surface area contributed by atoms with Crippen LogP contribution in [0.1, 0.15) is 5.69 Å². The first-order chi connectivity index (χ1) is 9.02. The zero-order valence-electron chi connectivity index (χ0n) is 11.0. The third kappa shape index (κ3) is 3.58. The molecular formula is C11H18N4O2S2. The molecule has 0 saturated carbocycles. The summed E-state index contributed by atoms with van der Waals surface area (Å²) in [5.74, 6) is 2.13. The second-order valence-corrected chi connectivity index (χ2v) is 7.80. The fourth-order valence-corrected chi connectivity index (χ4v) is 4.82. The van der Waals surface area contributed by atoms with Crippen molar-refractivity contribution < 1.29 is 8.42 Å². The summed E-state index contributed by atoms with van der Waals surface area (Å²) in [6.45, 7) is 1.30. The van der Waals surface area contributed by atoms with Crippen LogP contribution < -0.4 is 10.2 Å². The van der Waals surface area contributed by atoms with E-state index in [4.69, 9.17) is 0 Å². The second kappa shape index (κ2) is 6.06. The lowest BCUT2D eigenvalue weighted by molar-refractivity contribution is 0.583. The number of hydrogen-bond acceptors (Lipinski definition) is 7. The van der Waals surface area contributed by atoms with Gasteiger partial charge >= 0.3 is 0 Å². The first-order valence-corrected chi connectivity index (χ1v) is 9.12. The van der Waals surface area contributed by atoms with Gasteiger partial charge in [-0.25, -0.2) is 13.4 Å². The number of aromatic nitrogens is 2. The monoisotopic (exact) mass is 302 g/mol. The average Bonchev–Trinajstić information content (AvgIpc) is 2.38. The van der Waals surface area contributed by atoms with Gasteiger partial charge in [-0.3, -0.25) is 4.98 Å². The van der Waals surface area contributed by atoms with Gasteiger partial charge in [0.25, 0.3) is 0 Å². The van der Waals surface area contributed by atoms with Crippen molar-refractivity contribution in [1.29, 1.82) is 0 Å². The maximum absolute atomic E-state index is 11.9. The molecule has 0 radical (unpaired) electrons. The van der Waals surface area contributed by atoms with Crippen LogP contribution in [0, 0.1) is 0 Å². The molecule has 0 spiro atoms. The van der Waals surface area contributed by atoms with Gasteiger partial charge in [0.05, 0.1) is 11.9 Å². The van der Waals surface area contributed by atoms with Crippen LogP contribution in [0.3, 0.4) is 0 Å². The molecule has 1 aromatic heterocycles. The van der Waals surface area contributed by atoms with E-state index in [0.29, 0.717) is 24.7 Å². The van der Waals surface area contributed by atoms with E-state index in [1.807, 2.05) is 11.9 Å². The predicted molar refractivity (Wildman–Crippen MR) is 78.1 cm³/mol. The second-order valence-electron chi connectivity index (χ2n) is 4.45. The summed E-state index contributed by atoms with van der Waals surface area (Å²) in [6.07, 6.45) is 4.60. The lowest BCUT2D eigenvalue weighted by atomic mass is 10.4. The summed E-state index contributed by atoms with van der Waals surface area (Å²) in [4.78, 5) is 10.5. The van der Waals surface area contributed by atoms with Crippen LogP contribution in [0.15, 0.2) is 12.4 Å². The molecule has 1 aliphatic heterocycles. The third-order valence-electron chi connectivity index (χ3n) is 2.90. The van der Waals surface area contributed by atoms with Crippen LogP contribution >= 0.6 is 11.8 Å². The molecule has 19 heavy (non-hydrogen) atoms. The van der Waals surface area contributed by atoms with Gasteiger partial charge in [0.1, 0.15) is 11.2 Å². The fourth-order valence-electron chi connectivity index (χ4n) is 2.00. The molecule has 0 aromatic carbocycles. The average molecular weight is 302 g/mol. The SMILES string of the molecule is CNCc1cncc(N2CCSCC2S(C)(=O)=O)n1. The Morgan fingerprint density at radius 3 is 3.00 bits per heavy atom. The van der Waals surface area contributed by atoms with Crippen molar-refractivity contribution in [1.82, 2.24) is 15.3 Å². The minimum absolute atomic E-state index is 0.509. The van der Waals surface area contributed by atoms with Crippen molar-refractivity contribution in [3.63, 3.8) is 0 Å². The molecule has 1 fully saturated rings. The Balaban J connectivity index is 2.29. The molecular weight excluding hydrogens is 284 g/mol. The van der Waals surface area contributed by atoms with Crippen LogP contribution in [0.5, 0.6) is 0 Å². The van der Waals surface area contributed by atoms with Gasteiger partial charge in [0, 0.05) is 37.0 Å². The number of nitrogens with one attached hydrogen (secondary N) is 1. The quantitative estimate of drug-likeness (QED) is 0.846. The summed E-state index contributed by atoms with van der Waals surface area (Å²) in [5.41, 5.74) is 0.811. The first kappa shape index (κ1) is 14.5. The number of thioether (sulfide) groups is 1. The number of rotatable bonds is 4. The molecule has 1 atom stereocenters. The van der Waals surface area contributed by atoms with Crippen LogP contribution in [0.4, 0.5) is 5.82 Å². The molecule has 0 bridgehead atoms. The van der Waals surface area contributed by atoms with Gasteiger partial charge in [-0.1, -0.05) is 0 Å². The third-order valence-corrected chi connectivity index (χ3v) is 5.55. The molecule has 1 aromatic rings. The van der Waals surface area contributed by atoms with Crippen LogP contribution in [-0.2, 0) is 16.4 Å². The van der Waals surface area contributed by atoms with E-state index < -0.39 is 15.2 Å². The molecule has 2 heterocycles. The van der Waals surface area contributed by atoms with Gasteiger partial charge in [0.15, 0.2) is 9.84 Å². The van der Waals surface area contributed by atoms with Gasteiger partial charge in [-0.15, -0.1) is 0 Å². The highest BCUT2D eigenvalue weighted by molar-refractivity contribution is 8.01. The maximum atomic E-state index is 11.9. The van der Waals surface area contributed by atoms with Gasteiger partial charge < -0.3 is 10.2 Å². The Hall–Kier alpha value is -0.860. The minimum Gasteiger partial charge on any atom is -0.337 e. The van der Waals surface area contributed by atoms with Crippen molar-refractivity contribution in [2.45, 2.75) is 11.9 Å². The fraction of sp³-hybridized carbons (Fsp3) is 0.636. The van der Waals surface area contributed by atoms with Crippen molar-refractivity contribution in [3.05, 3.63) is 18.1 Å². The number of hydrogen-bond donors (Lipinski definition) is 1. The van der Waals surface area contributed by atoms with Gasteiger partial charge in [-0.2, -0.15) is 11.8 Å². The summed E-state index contributed by atoms with van der Waals surface area (Å²) in [6, 6.07) is 0. The molecule has 6 nitrogen and oxygen atoms in total. The Morgan fingerprint density at radius 1 is 1.53 bits per heavy atom. The lowest BCUT2D eigenvalue weighted by Gasteiger charge is -2.34. The highest BCUT2D eigenvalue weighted by atomic mass is 32.2. The van der Waals surface area contributed by atoms with Crippen LogP contribution in [-0.4, -0.2) is 55.1 Å². The molecule has 0 amide bonds. The summed E-state index contributed by atoms with van der Waals surface area (Å²) in [5, 5.41) is 2.50. The minimum atomic E-state index is -3.13. The number of nitrogens with zero attached hydrogens (tertiary/aromatic N) is 3. The van der Waals surface area contributed by atoms with Gasteiger partial charge in [0.2, 0.25) is 0 Å². The molecule has 1 aliphatic rings. The molecule has 2 rings (SSSR count). The lowest BCUT2D eigenvalue weighted by Crippen LogP contribution is -2.47. The van der Waals surface area contributed by atoms with Crippen molar-refractivity contribution in [2.75, 3.05) is 36.3 Å². The predicted octanol–water partition coefficient (Wildman–Crippen LogP) is 0.120. The van der Waals surface area contributed by atoms with E-state index in [-0.39, 0.29) is 0 Å². The smallest absolute Gasteiger partial charge is 0.169 e. The Bertz CT molecular complexity index is 535. The zero-order chi connectivity index (χ0) is 13.9. The summed E-state index contributed by atoms with van der Waals surface area (Å²) in [7, 11) is -1.29. The molecule has 1 N–H and O–H groups in total. The van der Waals surface area contributed by atoms with E-state index in [9.17, 15) is 8.42 Å². The number of sulfone groups is 1. The Morgan fingerprint density at radius 2 is 2.32 bits per heavy atom. The maximum Gasteiger partial charge on any atom is 0.169 e. The van der Waals surface area contributed by atoms with Crippen LogP contribution in [0.2, 0.25) is 0 Å². The highest BCUT2D eigenvalue weighted by Gasteiger charge is 2.32. The van der Waals surface area contributed by atoms with E-state index in [1.165, 1.54) is 6.26 Å². The van der Waals surface area contributed by atoms with E-state index in [2.05, 4.69) is 15.3 Å². The van der Waals surface area contributed by atoms with Crippen LogP contribution in [0.25, 0.3) is 0 Å². The van der Waals surface area contributed by atoms with Crippen molar-refractivity contribution >= 4 is 27.4 Å². The Kier molecular flexibility index (Phi) is 4.64.